The predicted octanol–water partition coefficient (Wildman–Crippen LogP) is 6.04. The van der Waals surface area contributed by atoms with Crippen molar-refractivity contribution in [2.45, 2.75) is 19.6 Å². The van der Waals surface area contributed by atoms with Gasteiger partial charge in [0.15, 0.2) is 0 Å². The van der Waals surface area contributed by atoms with Crippen molar-refractivity contribution in [1.82, 2.24) is 0 Å². The summed E-state index contributed by atoms with van der Waals surface area (Å²) in [6, 6.07) is 9.16. The number of anilines is 1. The summed E-state index contributed by atoms with van der Waals surface area (Å²) < 4.78 is 38.6. The van der Waals surface area contributed by atoms with Gasteiger partial charge in [0.2, 0.25) is 0 Å². The van der Waals surface area contributed by atoms with Crippen LogP contribution >= 0.6 is 27.5 Å². The van der Waals surface area contributed by atoms with Crippen molar-refractivity contribution in [3.05, 3.63) is 62.6 Å². The summed E-state index contributed by atoms with van der Waals surface area (Å²) in [6.07, 6.45) is -4.38. The van der Waals surface area contributed by atoms with E-state index in [0.717, 1.165) is 27.7 Å². The molecule has 0 saturated heterocycles. The second kappa shape index (κ2) is 6.28. The van der Waals surface area contributed by atoms with E-state index in [2.05, 4.69) is 21.2 Å². The van der Waals surface area contributed by atoms with Crippen LogP contribution in [-0.2, 0) is 12.7 Å². The van der Waals surface area contributed by atoms with Gasteiger partial charge in [0.25, 0.3) is 0 Å². The molecule has 2 aromatic rings. The standard InChI is InChI=1S/C15H12BrClF3N/c1-9-2-3-10(6-12(9)16)8-21-14-5-4-11(7-13(14)17)15(18,19)20/h2-7,21H,8H2,1H3. The first kappa shape index (κ1) is 16.2. The van der Waals surface area contributed by atoms with Gasteiger partial charge >= 0.3 is 6.18 Å². The molecular formula is C15H12BrClF3N. The lowest BCUT2D eigenvalue weighted by Gasteiger charge is -2.12. The number of nitrogens with one attached hydrogen (secondary N) is 1. The Kier molecular flexibility index (Phi) is 4.84. The van der Waals surface area contributed by atoms with E-state index in [9.17, 15) is 13.2 Å². The fraction of sp³-hybridized carbons (Fsp3) is 0.200. The molecule has 0 aliphatic rings. The summed E-state index contributed by atoms with van der Waals surface area (Å²) in [6.45, 7) is 2.46. The number of hydrogen-bond acceptors (Lipinski definition) is 1. The average Bonchev–Trinajstić information content (AvgIpc) is 2.40. The van der Waals surface area contributed by atoms with Crippen LogP contribution in [0.3, 0.4) is 0 Å². The van der Waals surface area contributed by atoms with Crippen molar-refractivity contribution in [2.24, 2.45) is 0 Å². The maximum absolute atomic E-state index is 12.5. The third-order valence-electron chi connectivity index (χ3n) is 3.02. The molecule has 0 aliphatic carbocycles. The number of halogens is 5. The molecule has 1 nitrogen and oxygen atoms in total. The highest BCUT2D eigenvalue weighted by atomic mass is 79.9. The van der Waals surface area contributed by atoms with Crippen LogP contribution < -0.4 is 5.32 Å². The summed E-state index contributed by atoms with van der Waals surface area (Å²) in [5, 5.41) is 3.09. The molecule has 0 unspecified atom stereocenters. The normalized spacial score (nSPS) is 11.5. The molecule has 0 bridgehead atoms. The van der Waals surface area contributed by atoms with E-state index < -0.39 is 11.7 Å². The minimum absolute atomic E-state index is 0.0519. The zero-order valence-corrected chi connectivity index (χ0v) is 13.4. The summed E-state index contributed by atoms with van der Waals surface area (Å²) in [5.41, 5.74) is 1.84. The lowest BCUT2D eigenvalue weighted by Crippen LogP contribution is -2.06. The zero-order valence-electron chi connectivity index (χ0n) is 11.1. The minimum atomic E-state index is -4.38. The molecule has 0 aliphatic heterocycles. The molecule has 2 aromatic carbocycles. The maximum atomic E-state index is 12.5. The van der Waals surface area contributed by atoms with Gasteiger partial charge in [-0.15, -0.1) is 0 Å². The van der Waals surface area contributed by atoms with Crippen LogP contribution in [-0.4, -0.2) is 0 Å². The van der Waals surface area contributed by atoms with Crippen LogP contribution in [0.2, 0.25) is 5.02 Å². The first-order chi connectivity index (χ1) is 9.77. The van der Waals surface area contributed by atoms with Gasteiger partial charge in [-0.05, 0) is 42.3 Å². The van der Waals surface area contributed by atoms with Crippen LogP contribution in [0.15, 0.2) is 40.9 Å². The zero-order chi connectivity index (χ0) is 15.6. The monoisotopic (exact) mass is 377 g/mol. The van der Waals surface area contributed by atoms with E-state index in [-0.39, 0.29) is 5.02 Å². The number of benzene rings is 2. The van der Waals surface area contributed by atoms with Gasteiger partial charge in [0.05, 0.1) is 16.3 Å². The third kappa shape index (κ3) is 4.14. The molecule has 0 spiro atoms. The molecule has 21 heavy (non-hydrogen) atoms. The first-order valence-electron chi connectivity index (χ1n) is 6.13. The molecule has 0 amide bonds. The average molecular weight is 379 g/mol. The van der Waals surface area contributed by atoms with E-state index in [1.807, 2.05) is 25.1 Å². The summed E-state index contributed by atoms with van der Waals surface area (Å²) in [5.74, 6) is 0. The van der Waals surface area contributed by atoms with Crippen LogP contribution in [0, 0.1) is 6.92 Å². The number of alkyl halides is 3. The molecule has 1 N–H and O–H groups in total. The van der Waals surface area contributed by atoms with Crippen molar-refractivity contribution < 1.29 is 13.2 Å². The van der Waals surface area contributed by atoms with E-state index >= 15 is 0 Å². The first-order valence-corrected chi connectivity index (χ1v) is 7.30. The predicted molar refractivity (Wildman–Crippen MR) is 82.7 cm³/mol. The molecule has 0 aromatic heterocycles. The molecule has 0 saturated carbocycles. The fourth-order valence-corrected chi connectivity index (χ4v) is 2.45. The number of hydrogen-bond donors (Lipinski definition) is 1. The highest BCUT2D eigenvalue weighted by Gasteiger charge is 2.30. The van der Waals surface area contributed by atoms with Crippen molar-refractivity contribution in [3.63, 3.8) is 0 Å². The lowest BCUT2D eigenvalue weighted by molar-refractivity contribution is -0.137. The smallest absolute Gasteiger partial charge is 0.380 e. The van der Waals surface area contributed by atoms with E-state index in [1.54, 1.807) is 0 Å². The largest absolute Gasteiger partial charge is 0.416 e. The summed E-state index contributed by atoms with van der Waals surface area (Å²) in [4.78, 5) is 0. The molecule has 0 heterocycles. The Morgan fingerprint density at radius 1 is 1.14 bits per heavy atom. The van der Waals surface area contributed by atoms with Crippen molar-refractivity contribution in [2.75, 3.05) is 5.32 Å². The van der Waals surface area contributed by atoms with E-state index in [4.69, 9.17) is 11.6 Å². The van der Waals surface area contributed by atoms with Crippen molar-refractivity contribution in [3.8, 4) is 0 Å². The van der Waals surface area contributed by atoms with Gasteiger partial charge in [0, 0.05) is 11.0 Å². The van der Waals surface area contributed by atoms with Crippen molar-refractivity contribution >= 4 is 33.2 Å². The van der Waals surface area contributed by atoms with E-state index in [0.29, 0.717) is 12.2 Å². The molecular weight excluding hydrogens is 367 g/mol. The molecule has 112 valence electrons. The topological polar surface area (TPSA) is 12.0 Å². The van der Waals surface area contributed by atoms with Crippen LogP contribution in [0.25, 0.3) is 0 Å². The lowest BCUT2D eigenvalue weighted by atomic mass is 10.1. The Morgan fingerprint density at radius 3 is 2.43 bits per heavy atom. The highest BCUT2D eigenvalue weighted by Crippen LogP contribution is 2.33. The van der Waals surface area contributed by atoms with Gasteiger partial charge in [-0.1, -0.05) is 39.7 Å². The number of rotatable bonds is 3. The highest BCUT2D eigenvalue weighted by molar-refractivity contribution is 9.10. The van der Waals surface area contributed by atoms with Gasteiger partial charge in [0.1, 0.15) is 0 Å². The summed E-state index contributed by atoms with van der Waals surface area (Å²) in [7, 11) is 0. The van der Waals surface area contributed by atoms with Gasteiger partial charge in [-0.25, -0.2) is 0 Å². The minimum Gasteiger partial charge on any atom is -0.380 e. The Morgan fingerprint density at radius 2 is 1.86 bits per heavy atom. The van der Waals surface area contributed by atoms with Gasteiger partial charge in [-0.3, -0.25) is 0 Å². The Labute approximate surface area is 134 Å². The molecule has 0 atom stereocenters. The van der Waals surface area contributed by atoms with E-state index in [1.165, 1.54) is 6.07 Å². The Bertz CT molecular complexity index is 656. The SMILES string of the molecule is Cc1ccc(CNc2ccc(C(F)(F)F)cc2Cl)cc1Br. The van der Waals surface area contributed by atoms with Gasteiger partial charge < -0.3 is 5.32 Å². The van der Waals surface area contributed by atoms with Crippen molar-refractivity contribution in [1.29, 1.82) is 0 Å². The Balaban J connectivity index is 2.11. The molecule has 2 rings (SSSR count). The van der Waals surface area contributed by atoms with Crippen LogP contribution in [0.1, 0.15) is 16.7 Å². The molecule has 0 fully saturated rings. The van der Waals surface area contributed by atoms with Crippen LogP contribution in [0.5, 0.6) is 0 Å². The summed E-state index contributed by atoms with van der Waals surface area (Å²) >= 11 is 9.33. The second-order valence-electron chi connectivity index (χ2n) is 4.63. The Hall–Kier alpha value is -1.20. The molecule has 6 heteroatoms. The molecule has 0 radical (unpaired) electrons. The third-order valence-corrected chi connectivity index (χ3v) is 4.18. The van der Waals surface area contributed by atoms with Gasteiger partial charge in [-0.2, -0.15) is 13.2 Å². The quantitative estimate of drug-likeness (QED) is 0.686. The fourth-order valence-electron chi connectivity index (χ4n) is 1.78. The maximum Gasteiger partial charge on any atom is 0.416 e. The second-order valence-corrected chi connectivity index (χ2v) is 5.89. The van der Waals surface area contributed by atoms with Crippen LogP contribution in [0.4, 0.5) is 18.9 Å². The number of aryl methyl sites for hydroxylation is 1.